The lowest BCUT2D eigenvalue weighted by Gasteiger charge is -2.01. The van der Waals surface area contributed by atoms with Crippen molar-refractivity contribution < 1.29 is 14.3 Å². The van der Waals surface area contributed by atoms with Gasteiger partial charge in [-0.2, -0.15) is 9.78 Å². The molecule has 18 heavy (non-hydrogen) atoms. The molecule has 0 amide bonds. The van der Waals surface area contributed by atoms with Gasteiger partial charge in [-0.25, -0.2) is 4.79 Å². The Balaban J connectivity index is 2.45. The van der Waals surface area contributed by atoms with Crippen LogP contribution in [0.15, 0.2) is 23.6 Å². The van der Waals surface area contributed by atoms with Gasteiger partial charge in [-0.15, -0.1) is 11.3 Å². The highest BCUT2D eigenvalue weighted by atomic mass is 32.1. The van der Waals surface area contributed by atoms with Gasteiger partial charge < -0.3 is 4.74 Å². The molecule has 0 N–H and O–H groups in total. The van der Waals surface area contributed by atoms with Gasteiger partial charge in [0.15, 0.2) is 5.69 Å². The van der Waals surface area contributed by atoms with E-state index >= 15 is 0 Å². The lowest BCUT2D eigenvalue weighted by atomic mass is 10.3. The van der Waals surface area contributed by atoms with Gasteiger partial charge in [-0.1, -0.05) is 6.07 Å². The predicted molar refractivity (Wildman–Crippen MR) is 67.8 cm³/mol. The normalized spacial score (nSPS) is 10.3. The van der Waals surface area contributed by atoms with Crippen molar-refractivity contribution in [2.24, 2.45) is 0 Å². The van der Waals surface area contributed by atoms with Gasteiger partial charge in [-0.3, -0.25) is 4.79 Å². The fourth-order valence-corrected chi connectivity index (χ4v) is 2.20. The van der Waals surface area contributed by atoms with Crippen molar-refractivity contribution in [1.82, 2.24) is 9.78 Å². The smallest absolute Gasteiger partial charge is 0.357 e. The van der Waals surface area contributed by atoms with Crippen LogP contribution in [-0.4, -0.2) is 28.3 Å². The summed E-state index contributed by atoms with van der Waals surface area (Å²) in [6.45, 7) is 3.33. The molecule has 94 valence electrons. The number of ether oxygens (including phenoxy) is 1. The molecule has 0 saturated heterocycles. The van der Waals surface area contributed by atoms with Gasteiger partial charge in [0.2, 0.25) is 5.91 Å². The first-order valence-electron chi connectivity index (χ1n) is 5.45. The average Bonchev–Trinajstić information content (AvgIpc) is 2.98. The maximum absolute atomic E-state index is 11.7. The second kappa shape index (κ2) is 5.14. The number of nitrogens with zero attached hydrogens (tertiary/aromatic N) is 2. The van der Waals surface area contributed by atoms with Crippen LogP contribution in [0.5, 0.6) is 0 Å². The highest BCUT2D eigenvalue weighted by Gasteiger charge is 2.19. The summed E-state index contributed by atoms with van der Waals surface area (Å²) in [4.78, 5) is 24.1. The van der Waals surface area contributed by atoms with E-state index in [0.717, 1.165) is 9.56 Å². The summed E-state index contributed by atoms with van der Waals surface area (Å²) in [6.07, 6.45) is 0. The molecule has 0 aromatic carbocycles. The summed E-state index contributed by atoms with van der Waals surface area (Å²) >= 11 is 1.50. The largest absolute Gasteiger partial charge is 0.461 e. The summed E-state index contributed by atoms with van der Waals surface area (Å²) in [7, 11) is 0. The molecule has 0 unspecified atom stereocenters. The Morgan fingerprint density at radius 1 is 1.50 bits per heavy atom. The average molecular weight is 264 g/mol. The molecule has 0 aliphatic heterocycles. The Hall–Kier alpha value is -1.95. The Labute approximate surface area is 108 Å². The number of esters is 1. The van der Waals surface area contributed by atoms with Crippen LogP contribution in [0.25, 0.3) is 10.6 Å². The number of thiophene rings is 1. The molecule has 0 aliphatic rings. The van der Waals surface area contributed by atoms with Crippen molar-refractivity contribution in [1.29, 1.82) is 0 Å². The van der Waals surface area contributed by atoms with Crippen LogP contribution in [0.2, 0.25) is 0 Å². The van der Waals surface area contributed by atoms with E-state index in [1.165, 1.54) is 18.3 Å². The van der Waals surface area contributed by atoms with E-state index < -0.39 is 5.97 Å². The number of aromatic nitrogens is 2. The molecule has 0 radical (unpaired) electrons. The Kier molecular flexibility index (Phi) is 3.57. The molecule has 0 saturated carbocycles. The maximum atomic E-state index is 11.7. The molecule has 6 heteroatoms. The van der Waals surface area contributed by atoms with Gasteiger partial charge in [-0.05, 0) is 18.4 Å². The SMILES string of the molecule is CCOC(=O)c1cc(-c2cccs2)nn1C(C)=O. The fourth-order valence-electron chi connectivity index (χ4n) is 1.52. The minimum absolute atomic E-state index is 0.160. The fraction of sp³-hybridized carbons (Fsp3) is 0.250. The summed E-state index contributed by atoms with van der Waals surface area (Å²) in [6, 6.07) is 5.34. The zero-order valence-electron chi connectivity index (χ0n) is 10.0. The zero-order chi connectivity index (χ0) is 13.1. The van der Waals surface area contributed by atoms with Crippen molar-refractivity contribution in [3.05, 3.63) is 29.3 Å². The maximum Gasteiger partial charge on any atom is 0.357 e. The second-order valence-corrected chi connectivity index (χ2v) is 4.49. The Morgan fingerprint density at radius 3 is 2.83 bits per heavy atom. The molecule has 2 rings (SSSR count). The van der Waals surface area contributed by atoms with E-state index in [1.807, 2.05) is 17.5 Å². The van der Waals surface area contributed by atoms with E-state index in [9.17, 15) is 9.59 Å². The van der Waals surface area contributed by atoms with E-state index in [-0.39, 0.29) is 18.2 Å². The van der Waals surface area contributed by atoms with Crippen LogP contribution >= 0.6 is 11.3 Å². The van der Waals surface area contributed by atoms with Crippen molar-refractivity contribution in [2.45, 2.75) is 13.8 Å². The summed E-state index contributed by atoms with van der Waals surface area (Å²) in [5, 5.41) is 6.04. The van der Waals surface area contributed by atoms with Crippen molar-refractivity contribution >= 4 is 23.2 Å². The number of hydrogen-bond acceptors (Lipinski definition) is 5. The van der Waals surface area contributed by atoms with Gasteiger partial charge in [0.05, 0.1) is 11.5 Å². The Morgan fingerprint density at radius 2 is 2.28 bits per heavy atom. The molecule has 0 fully saturated rings. The molecule has 2 heterocycles. The highest BCUT2D eigenvalue weighted by Crippen LogP contribution is 2.24. The summed E-state index contributed by atoms with van der Waals surface area (Å²) in [5.41, 5.74) is 0.760. The third-order valence-electron chi connectivity index (χ3n) is 2.27. The van der Waals surface area contributed by atoms with E-state index in [0.29, 0.717) is 5.69 Å². The minimum Gasteiger partial charge on any atom is -0.461 e. The molecule has 0 aliphatic carbocycles. The van der Waals surface area contributed by atoms with Crippen LogP contribution in [0.3, 0.4) is 0 Å². The lowest BCUT2D eigenvalue weighted by Crippen LogP contribution is -2.17. The van der Waals surface area contributed by atoms with Crippen molar-refractivity contribution in [2.75, 3.05) is 6.61 Å². The van der Waals surface area contributed by atoms with Crippen molar-refractivity contribution in [3.8, 4) is 10.6 Å². The highest BCUT2D eigenvalue weighted by molar-refractivity contribution is 7.13. The van der Waals surface area contributed by atoms with Crippen LogP contribution in [0.1, 0.15) is 29.1 Å². The molecule has 0 bridgehead atoms. The van der Waals surface area contributed by atoms with Gasteiger partial charge >= 0.3 is 5.97 Å². The minimum atomic E-state index is -0.539. The molecule has 0 atom stereocenters. The first kappa shape index (κ1) is 12.5. The van der Waals surface area contributed by atoms with E-state index in [1.54, 1.807) is 13.0 Å². The zero-order valence-corrected chi connectivity index (χ0v) is 10.9. The van der Waals surface area contributed by atoms with Gasteiger partial charge in [0.25, 0.3) is 0 Å². The van der Waals surface area contributed by atoms with Crippen LogP contribution in [0.4, 0.5) is 0 Å². The first-order valence-corrected chi connectivity index (χ1v) is 6.33. The number of rotatable bonds is 3. The standard InChI is InChI=1S/C12H12N2O3S/c1-3-17-12(16)10-7-9(11-5-4-6-18-11)13-14(10)8(2)15/h4-7H,3H2,1-2H3. The monoisotopic (exact) mass is 264 g/mol. The first-order chi connectivity index (χ1) is 8.63. The number of hydrogen-bond donors (Lipinski definition) is 0. The van der Waals surface area contributed by atoms with Crippen LogP contribution < -0.4 is 0 Å². The third-order valence-corrected chi connectivity index (χ3v) is 3.16. The molecular weight excluding hydrogens is 252 g/mol. The molecule has 2 aromatic rings. The van der Waals surface area contributed by atoms with Crippen LogP contribution in [-0.2, 0) is 4.74 Å². The molecule has 0 spiro atoms. The van der Waals surface area contributed by atoms with E-state index in [4.69, 9.17) is 4.74 Å². The van der Waals surface area contributed by atoms with Gasteiger partial charge in [0, 0.05) is 13.0 Å². The lowest BCUT2D eigenvalue weighted by molar-refractivity contribution is 0.0506. The number of carbonyl (C=O) groups excluding carboxylic acids is 2. The number of carbonyl (C=O) groups is 2. The molecule has 2 aromatic heterocycles. The topological polar surface area (TPSA) is 61.2 Å². The second-order valence-electron chi connectivity index (χ2n) is 3.54. The van der Waals surface area contributed by atoms with E-state index in [2.05, 4.69) is 5.10 Å². The molecular formula is C12H12N2O3S. The van der Waals surface area contributed by atoms with Crippen molar-refractivity contribution in [3.63, 3.8) is 0 Å². The van der Waals surface area contributed by atoms with Gasteiger partial charge in [0.1, 0.15) is 5.69 Å². The third kappa shape index (κ3) is 2.33. The molecule has 5 nitrogen and oxygen atoms in total. The summed E-state index contributed by atoms with van der Waals surface area (Å²) < 4.78 is 5.98. The predicted octanol–water partition coefficient (Wildman–Crippen LogP) is 2.45. The summed E-state index contributed by atoms with van der Waals surface area (Å²) in [5.74, 6) is -0.858. The Bertz CT molecular complexity index is 572. The van der Waals surface area contributed by atoms with Crippen LogP contribution in [0, 0.1) is 0 Å². The quantitative estimate of drug-likeness (QED) is 0.799.